The van der Waals surface area contributed by atoms with E-state index in [1.165, 1.54) is 0 Å². The van der Waals surface area contributed by atoms with Gasteiger partial charge in [-0.15, -0.1) is 0 Å². The number of methoxy groups -OCH3 is 1. The maximum Gasteiger partial charge on any atom is 0.243 e. The summed E-state index contributed by atoms with van der Waals surface area (Å²) in [6.45, 7) is 4.95. The molecule has 0 unspecified atom stereocenters. The molecule has 0 aliphatic rings. The minimum absolute atomic E-state index is 0.122. The molecule has 0 saturated carbocycles. The molecule has 0 aromatic heterocycles. The van der Waals surface area contributed by atoms with Gasteiger partial charge >= 0.3 is 0 Å². The summed E-state index contributed by atoms with van der Waals surface area (Å²) >= 11 is 6.03. The van der Waals surface area contributed by atoms with Gasteiger partial charge in [0, 0.05) is 24.5 Å². The number of ether oxygens (including phenoxy) is 1. The number of hydrogen-bond acceptors (Lipinski definition) is 3. The Morgan fingerprint density at radius 3 is 2.11 bits per heavy atom. The molecule has 0 aliphatic carbocycles. The van der Waals surface area contributed by atoms with Gasteiger partial charge in [-0.25, -0.2) is 0 Å². The van der Waals surface area contributed by atoms with Crippen molar-refractivity contribution >= 4 is 23.4 Å². The lowest BCUT2D eigenvalue weighted by Gasteiger charge is -2.32. The van der Waals surface area contributed by atoms with Crippen LogP contribution in [0.25, 0.3) is 0 Å². The second kappa shape index (κ2) is 13.0. The van der Waals surface area contributed by atoms with Crippen molar-refractivity contribution < 1.29 is 14.3 Å². The summed E-state index contributed by atoms with van der Waals surface area (Å²) in [5.74, 6) is 0.767. The van der Waals surface area contributed by atoms with Gasteiger partial charge in [0.15, 0.2) is 0 Å². The summed E-state index contributed by atoms with van der Waals surface area (Å²) in [4.78, 5) is 28.8. The van der Waals surface area contributed by atoms with E-state index >= 15 is 0 Å². The van der Waals surface area contributed by atoms with Gasteiger partial charge in [0.05, 0.1) is 13.5 Å². The molecular weight excluding hydrogens is 460 g/mol. The van der Waals surface area contributed by atoms with E-state index in [4.69, 9.17) is 16.3 Å². The first-order chi connectivity index (χ1) is 16.9. The number of amides is 2. The van der Waals surface area contributed by atoms with Gasteiger partial charge in [0.2, 0.25) is 11.8 Å². The van der Waals surface area contributed by atoms with Gasteiger partial charge in [0.1, 0.15) is 11.8 Å². The van der Waals surface area contributed by atoms with Crippen LogP contribution in [0.1, 0.15) is 30.5 Å². The zero-order valence-electron chi connectivity index (χ0n) is 20.5. The quantitative estimate of drug-likeness (QED) is 0.395. The summed E-state index contributed by atoms with van der Waals surface area (Å²) < 4.78 is 5.27. The predicted molar refractivity (Wildman–Crippen MR) is 140 cm³/mol. The third-order valence-corrected chi connectivity index (χ3v) is 5.99. The molecule has 0 fully saturated rings. The molecule has 0 radical (unpaired) electrons. The Bertz CT molecular complexity index is 1080. The molecule has 184 valence electrons. The molecule has 3 rings (SSSR count). The largest absolute Gasteiger partial charge is 0.497 e. The first-order valence-electron chi connectivity index (χ1n) is 11.8. The Balaban J connectivity index is 1.94. The van der Waals surface area contributed by atoms with Gasteiger partial charge < -0.3 is 15.0 Å². The van der Waals surface area contributed by atoms with Crippen molar-refractivity contribution in [1.29, 1.82) is 0 Å². The average molecular weight is 493 g/mol. The summed E-state index contributed by atoms with van der Waals surface area (Å²) in [6, 6.07) is 24.0. The smallest absolute Gasteiger partial charge is 0.243 e. The number of hydrogen-bond donors (Lipinski definition) is 1. The Morgan fingerprint density at radius 2 is 1.51 bits per heavy atom. The minimum atomic E-state index is -0.655. The SMILES string of the molecule is COc1ccc(CN(C(=O)Cc2ccc(Cl)cc2)[C@@H](Cc2ccccc2)C(=O)NCC(C)C)cc1. The van der Waals surface area contributed by atoms with Gasteiger partial charge in [-0.3, -0.25) is 9.59 Å². The highest BCUT2D eigenvalue weighted by Crippen LogP contribution is 2.19. The fourth-order valence-corrected chi connectivity index (χ4v) is 3.91. The highest BCUT2D eigenvalue weighted by Gasteiger charge is 2.30. The molecule has 1 N–H and O–H groups in total. The van der Waals surface area contributed by atoms with Crippen LogP contribution in [0, 0.1) is 5.92 Å². The van der Waals surface area contributed by atoms with E-state index in [1.807, 2.05) is 80.6 Å². The molecule has 35 heavy (non-hydrogen) atoms. The van der Waals surface area contributed by atoms with Crippen molar-refractivity contribution in [2.24, 2.45) is 5.92 Å². The van der Waals surface area contributed by atoms with Crippen LogP contribution in [-0.4, -0.2) is 36.4 Å². The van der Waals surface area contributed by atoms with Gasteiger partial charge in [0.25, 0.3) is 0 Å². The summed E-state index contributed by atoms with van der Waals surface area (Å²) in [7, 11) is 1.62. The number of benzene rings is 3. The van der Waals surface area contributed by atoms with Crippen LogP contribution >= 0.6 is 11.6 Å². The standard InChI is InChI=1S/C29H33ClN2O3/c1-21(2)19-31-29(34)27(17-22-7-5-4-6-8-22)32(20-24-11-15-26(35-3)16-12-24)28(33)18-23-9-13-25(30)14-10-23/h4-16,21,27H,17-20H2,1-3H3,(H,31,34)/t27-/m0/s1. The predicted octanol–water partition coefficient (Wildman–Crippen LogP) is 5.30. The second-order valence-corrected chi connectivity index (χ2v) is 9.45. The molecule has 0 aliphatic heterocycles. The van der Waals surface area contributed by atoms with E-state index in [-0.39, 0.29) is 18.2 Å². The van der Waals surface area contributed by atoms with E-state index in [9.17, 15) is 9.59 Å². The van der Waals surface area contributed by atoms with E-state index < -0.39 is 6.04 Å². The van der Waals surface area contributed by atoms with Crippen molar-refractivity contribution in [2.75, 3.05) is 13.7 Å². The van der Waals surface area contributed by atoms with Crippen molar-refractivity contribution in [3.63, 3.8) is 0 Å². The fourth-order valence-electron chi connectivity index (χ4n) is 3.78. The minimum Gasteiger partial charge on any atom is -0.497 e. The van der Waals surface area contributed by atoms with Crippen LogP contribution in [0.5, 0.6) is 5.75 Å². The Morgan fingerprint density at radius 1 is 0.886 bits per heavy atom. The summed E-state index contributed by atoms with van der Waals surface area (Å²) in [5, 5.41) is 3.66. The molecule has 1 atom stereocenters. The third kappa shape index (κ3) is 8.15. The molecule has 0 saturated heterocycles. The molecule has 3 aromatic carbocycles. The fraction of sp³-hybridized carbons (Fsp3) is 0.310. The van der Waals surface area contributed by atoms with Crippen molar-refractivity contribution in [3.05, 3.63) is 101 Å². The first-order valence-corrected chi connectivity index (χ1v) is 12.2. The lowest BCUT2D eigenvalue weighted by atomic mass is 10.0. The molecule has 6 heteroatoms. The van der Waals surface area contributed by atoms with E-state index in [2.05, 4.69) is 5.32 Å². The topological polar surface area (TPSA) is 58.6 Å². The van der Waals surface area contributed by atoms with Gasteiger partial charge in [-0.05, 0) is 46.9 Å². The number of carbonyl (C=O) groups is 2. The molecular formula is C29H33ClN2O3. The highest BCUT2D eigenvalue weighted by atomic mass is 35.5. The Hall–Kier alpha value is -3.31. The maximum absolute atomic E-state index is 13.7. The number of nitrogens with zero attached hydrogens (tertiary/aromatic N) is 1. The summed E-state index contributed by atoms with van der Waals surface area (Å²) in [6.07, 6.45) is 0.601. The van der Waals surface area contributed by atoms with Crippen LogP contribution in [0.2, 0.25) is 5.02 Å². The summed E-state index contributed by atoms with van der Waals surface area (Å²) in [5.41, 5.74) is 2.77. The van der Waals surface area contributed by atoms with E-state index in [1.54, 1.807) is 24.1 Å². The lowest BCUT2D eigenvalue weighted by Crippen LogP contribution is -2.51. The first kappa shape index (κ1) is 26.3. The number of halogens is 1. The Kier molecular flexibility index (Phi) is 9.74. The van der Waals surface area contributed by atoms with E-state index in [0.29, 0.717) is 30.5 Å². The molecule has 2 amide bonds. The zero-order valence-corrected chi connectivity index (χ0v) is 21.3. The number of carbonyl (C=O) groups excluding carboxylic acids is 2. The molecule has 0 bridgehead atoms. The van der Waals surface area contributed by atoms with Crippen LogP contribution in [0.15, 0.2) is 78.9 Å². The molecule has 3 aromatic rings. The monoisotopic (exact) mass is 492 g/mol. The van der Waals surface area contributed by atoms with Crippen LogP contribution in [0.4, 0.5) is 0 Å². The van der Waals surface area contributed by atoms with Gasteiger partial charge in [-0.2, -0.15) is 0 Å². The van der Waals surface area contributed by atoms with Crippen molar-refractivity contribution in [3.8, 4) is 5.75 Å². The Labute approximate surface area is 213 Å². The van der Waals surface area contributed by atoms with E-state index in [0.717, 1.165) is 22.4 Å². The maximum atomic E-state index is 13.7. The van der Waals surface area contributed by atoms with Gasteiger partial charge in [-0.1, -0.05) is 80.0 Å². The van der Waals surface area contributed by atoms with Crippen LogP contribution < -0.4 is 10.1 Å². The normalized spacial score (nSPS) is 11.7. The second-order valence-electron chi connectivity index (χ2n) is 9.02. The number of rotatable bonds is 11. The highest BCUT2D eigenvalue weighted by molar-refractivity contribution is 6.30. The zero-order chi connectivity index (χ0) is 25.2. The van der Waals surface area contributed by atoms with Crippen LogP contribution in [0.3, 0.4) is 0 Å². The molecule has 5 nitrogen and oxygen atoms in total. The molecule has 0 heterocycles. The van der Waals surface area contributed by atoms with Crippen molar-refractivity contribution in [1.82, 2.24) is 10.2 Å². The van der Waals surface area contributed by atoms with Crippen LogP contribution in [-0.2, 0) is 29.0 Å². The number of nitrogens with one attached hydrogen (secondary N) is 1. The molecule has 0 spiro atoms. The average Bonchev–Trinajstić information content (AvgIpc) is 2.87. The lowest BCUT2D eigenvalue weighted by molar-refractivity contribution is -0.140. The third-order valence-electron chi connectivity index (χ3n) is 5.74. The van der Waals surface area contributed by atoms with Crippen molar-refractivity contribution in [2.45, 2.75) is 39.3 Å².